The van der Waals surface area contributed by atoms with Crippen LogP contribution in [0.5, 0.6) is 28.7 Å². The molecule has 0 fully saturated rings. The fourth-order valence-electron chi connectivity index (χ4n) is 2.70. The molecule has 0 atom stereocenters. The highest BCUT2D eigenvalue weighted by Gasteiger charge is 2.19. The number of nitrogens with one attached hydrogen (secondary N) is 1. The van der Waals surface area contributed by atoms with Crippen LogP contribution in [-0.4, -0.2) is 51.7 Å². The van der Waals surface area contributed by atoms with E-state index in [-0.39, 0.29) is 11.9 Å². The molecule has 0 aliphatic carbocycles. The lowest BCUT2D eigenvalue weighted by molar-refractivity contribution is 0.102. The van der Waals surface area contributed by atoms with Crippen LogP contribution in [0.3, 0.4) is 0 Å². The van der Waals surface area contributed by atoms with Gasteiger partial charge in [-0.25, -0.2) is 0 Å². The van der Waals surface area contributed by atoms with Gasteiger partial charge in [-0.05, 0) is 24.3 Å². The summed E-state index contributed by atoms with van der Waals surface area (Å²) in [6, 6.07) is 8.03. The first kappa shape index (κ1) is 20.8. The van der Waals surface area contributed by atoms with Gasteiger partial charge in [-0.1, -0.05) is 5.10 Å². The van der Waals surface area contributed by atoms with E-state index in [9.17, 15) is 4.79 Å². The number of amides is 1. The molecule has 0 radical (unpaired) electrons. The highest BCUT2D eigenvalue weighted by atomic mass is 16.5. The number of hydrogen-bond acceptors (Lipinski definition) is 9. The van der Waals surface area contributed by atoms with Crippen molar-refractivity contribution < 1.29 is 32.9 Å². The minimum atomic E-state index is -0.465. The molecule has 1 N–H and O–H groups in total. The van der Waals surface area contributed by atoms with Crippen LogP contribution in [0.1, 0.15) is 10.4 Å². The average molecular weight is 415 g/mol. The Kier molecular flexibility index (Phi) is 6.26. The Labute approximate surface area is 172 Å². The van der Waals surface area contributed by atoms with Crippen molar-refractivity contribution in [2.45, 2.75) is 0 Å². The number of aromatic nitrogens is 2. The monoisotopic (exact) mass is 415 g/mol. The van der Waals surface area contributed by atoms with Crippen LogP contribution in [0.2, 0.25) is 0 Å². The first-order valence-corrected chi connectivity index (χ1v) is 8.71. The van der Waals surface area contributed by atoms with E-state index in [0.717, 1.165) is 0 Å². The molecule has 158 valence electrons. The largest absolute Gasteiger partial charge is 0.497 e. The number of ether oxygens (including phenoxy) is 5. The molecular formula is C20H21N3O7. The molecule has 0 aliphatic rings. The van der Waals surface area contributed by atoms with E-state index in [1.807, 2.05) is 0 Å². The third-order valence-corrected chi connectivity index (χ3v) is 4.17. The molecule has 0 unspecified atom stereocenters. The molecule has 0 saturated heterocycles. The average Bonchev–Trinajstić information content (AvgIpc) is 3.25. The van der Waals surface area contributed by atoms with E-state index < -0.39 is 5.91 Å². The molecule has 0 spiro atoms. The van der Waals surface area contributed by atoms with Gasteiger partial charge in [0.1, 0.15) is 11.5 Å². The standard InChI is InChI=1S/C20H21N3O7/c1-25-13-6-11(7-14(10-13)26-2)18(24)21-20-23-22-19(30-20)12-8-15(27-3)17(29-5)16(9-12)28-4/h6-10H,1-5H3,(H,21,23,24). The van der Waals surface area contributed by atoms with E-state index in [4.69, 9.17) is 28.1 Å². The molecular weight excluding hydrogens is 394 g/mol. The quantitative estimate of drug-likeness (QED) is 0.593. The SMILES string of the molecule is COc1cc(OC)cc(C(=O)Nc2nnc(-c3cc(OC)c(OC)c(OC)c3)o2)c1. The zero-order chi connectivity index (χ0) is 21.7. The lowest BCUT2D eigenvalue weighted by atomic mass is 10.2. The molecule has 3 rings (SSSR count). The molecule has 10 heteroatoms. The fourth-order valence-corrected chi connectivity index (χ4v) is 2.70. The summed E-state index contributed by atoms with van der Waals surface area (Å²) in [6.45, 7) is 0. The Morgan fingerprint density at radius 1 is 0.800 bits per heavy atom. The van der Waals surface area contributed by atoms with Crippen molar-refractivity contribution in [3.05, 3.63) is 35.9 Å². The highest BCUT2D eigenvalue weighted by Crippen LogP contribution is 2.41. The van der Waals surface area contributed by atoms with E-state index >= 15 is 0 Å². The number of carbonyl (C=O) groups is 1. The third-order valence-electron chi connectivity index (χ3n) is 4.17. The van der Waals surface area contributed by atoms with E-state index in [1.165, 1.54) is 35.5 Å². The molecule has 10 nitrogen and oxygen atoms in total. The predicted molar refractivity (Wildman–Crippen MR) is 107 cm³/mol. The molecule has 30 heavy (non-hydrogen) atoms. The lowest BCUT2D eigenvalue weighted by Gasteiger charge is -2.12. The minimum absolute atomic E-state index is 0.0782. The Morgan fingerprint density at radius 2 is 1.40 bits per heavy atom. The maximum atomic E-state index is 12.6. The zero-order valence-electron chi connectivity index (χ0n) is 17.1. The summed E-state index contributed by atoms with van der Waals surface area (Å²) >= 11 is 0. The van der Waals surface area contributed by atoms with Crippen molar-refractivity contribution in [1.82, 2.24) is 10.2 Å². The molecule has 1 heterocycles. The summed E-state index contributed by atoms with van der Waals surface area (Å²) < 4.78 is 31.9. The van der Waals surface area contributed by atoms with E-state index in [0.29, 0.717) is 39.9 Å². The number of methoxy groups -OCH3 is 5. The smallest absolute Gasteiger partial charge is 0.322 e. The van der Waals surface area contributed by atoms with Gasteiger partial charge in [-0.3, -0.25) is 10.1 Å². The number of benzene rings is 2. The van der Waals surface area contributed by atoms with Gasteiger partial charge in [0, 0.05) is 17.2 Å². The van der Waals surface area contributed by atoms with Crippen LogP contribution in [0.25, 0.3) is 11.5 Å². The summed E-state index contributed by atoms with van der Waals surface area (Å²) in [5.41, 5.74) is 0.833. The summed E-state index contributed by atoms with van der Waals surface area (Å²) in [5.74, 6) is 1.94. The first-order chi connectivity index (χ1) is 14.5. The summed E-state index contributed by atoms with van der Waals surface area (Å²) in [5, 5.41) is 10.4. The third kappa shape index (κ3) is 4.22. The molecule has 0 bridgehead atoms. The second-order valence-electron chi connectivity index (χ2n) is 5.88. The molecule has 1 aromatic heterocycles. The van der Waals surface area contributed by atoms with Crippen molar-refractivity contribution in [2.75, 3.05) is 40.9 Å². The van der Waals surface area contributed by atoms with Crippen LogP contribution in [0.15, 0.2) is 34.7 Å². The van der Waals surface area contributed by atoms with Crippen LogP contribution in [-0.2, 0) is 0 Å². The van der Waals surface area contributed by atoms with Gasteiger partial charge in [-0.2, -0.15) is 0 Å². The van der Waals surface area contributed by atoms with Crippen LogP contribution in [0.4, 0.5) is 6.01 Å². The van der Waals surface area contributed by atoms with Gasteiger partial charge in [0.15, 0.2) is 11.5 Å². The second kappa shape index (κ2) is 9.03. The van der Waals surface area contributed by atoms with Crippen molar-refractivity contribution in [3.63, 3.8) is 0 Å². The maximum Gasteiger partial charge on any atom is 0.322 e. The zero-order valence-corrected chi connectivity index (χ0v) is 17.1. The highest BCUT2D eigenvalue weighted by molar-refractivity contribution is 6.03. The summed E-state index contributed by atoms with van der Waals surface area (Å²) in [4.78, 5) is 12.6. The molecule has 2 aromatic carbocycles. The summed E-state index contributed by atoms with van der Waals surface area (Å²) in [7, 11) is 7.51. The van der Waals surface area contributed by atoms with Gasteiger partial charge < -0.3 is 28.1 Å². The number of nitrogens with zero attached hydrogens (tertiary/aromatic N) is 2. The Morgan fingerprint density at radius 3 is 1.90 bits per heavy atom. The normalized spacial score (nSPS) is 10.3. The number of carbonyl (C=O) groups excluding carboxylic acids is 1. The molecule has 0 saturated carbocycles. The maximum absolute atomic E-state index is 12.6. The number of anilines is 1. The Balaban J connectivity index is 1.86. The van der Waals surface area contributed by atoms with Crippen molar-refractivity contribution in [2.24, 2.45) is 0 Å². The summed E-state index contributed by atoms with van der Waals surface area (Å²) in [6.07, 6.45) is 0. The lowest BCUT2D eigenvalue weighted by Crippen LogP contribution is -2.12. The van der Waals surface area contributed by atoms with Gasteiger partial charge in [0.05, 0.1) is 35.5 Å². The van der Waals surface area contributed by atoms with Gasteiger partial charge >= 0.3 is 6.01 Å². The Bertz CT molecular complexity index is 1000. The molecule has 1 amide bonds. The van der Waals surface area contributed by atoms with Crippen LogP contribution in [0, 0.1) is 0 Å². The van der Waals surface area contributed by atoms with E-state index in [1.54, 1.807) is 30.3 Å². The number of rotatable bonds is 8. The topological polar surface area (TPSA) is 114 Å². The molecule has 3 aromatic rings. The van der Waals surface area contributed by atoms with Gasteiger partial charge in [0.2, 0.25) is 11.6 Å². The van der Waals surface area contributed by atoms with Crippen LogP contribution >= 0.6 is 0 Å². The van der Waals surface area contributed by atoms with E-state index in [2.05, 4.69) is 15.5 Å². The van der Waals surface area contributed by atoms with Crippen molar-refractivity contribution in [1.29, 1.82) is 0 Å². The van der Waals surface area contributed by atoms with Crippen LogP contribution < -0.4 is 29.0 Å². The van der Waals surface area contributed by atoms with Gasteiger partial charge in [0.25, 0.3) is 5.91 Å². The predicted octanol–water partition coefficient (Wildman–Crippen LogP) is 3.03. The Hall–Kier alpha value is -3.95. The van der Waals surface area contributed by atoms with Crippen molar-refractivity contribution in [3.8, 4) is 40.2 Å². The number of hydrogen-bond donors (Lipinski definition) is 1. The second-order valence-corrected chi connectivity index (χ2v) is 5.88. The van der Waals surface area contributed by atoms with Crippen molar-refractivity contribution >= 4 is 11.9 Å². The van der Waals surface area contributed by atoms with Gasteiger partial charge in [-0.15, -0.1) is 5.10 Å². The molecule has 0 aliphatic heterocycles. The first-order valence-electron chi connectivity index (χ1n) is 8.71. The fraction of sp³-hybridized carbons (Fsp3) is 0.250. The minimum Gasteiger partial charge on any atom is -0.497 e.